The van der Waals surface area contributed by atoms with E-state index in [4.69, 9.17) is 15.0 Å². The van der Waals surface area contributed by atoms with Gasteiger partial charge >= 0.3 is 0 Å². The average Bonchev–Trinajstić information content (AvgIpc) is 3.12. The number of fused-ring (bicyclic) bond motifs is 2. The zero-order chi connectivity index (χ0) is 30.2. The lowest BCUT2D eigenvalue weighted by Crippen LogP contribution is -2.30. The number of aromatic nitrogens is 3. The molecule has 1 unspecified atom stereocenters. The fourth-order valence-corrected chi connectivity index (χ4v) is 10.4. The van der Waals surface area contributed by atoms with E-state index in [0.29, 0.717) is 17.5 Å². The Balaban J connectivity index is 1.20. The zero-order valence-corrected chi connectivity index (χ0v) is 25.8. The van der Waals surface area contributed by atoms with Gasteiger partial charge in [0, 0.05) is 42.4 Å². The highest BCUT2D eigenvalue weighted by Crippen LogP contribution is 2.52. The molecule has 0 radical (unpaired) electrons. The summed E-state index contributed by atoms with van der Waals surface area (Å²) in [6, 6.07) is 52.5. The predicted molar refractivity (Wildman–Crippen MR) is 185 cm³/mol. The number of hydrogen-bond acceptors (Lipinski definition) is 5. The van der Waals surface area contributed by atoms with Crippen molar-refractivity contribution in [3.05, 3.63) is 158 Å². The van der Waals surface area contributed by atoms with Crippen LogP contribution in [0.4, 0.5) is 0 Å². The van der Waals surface area contributed by atoms with Crippen molar-refractivity contribution in [2.75, 3.05) is 0 Å². The highest BCUT2D eigenvalue weighted by Gasteiger charge is 2.38. The van der Waals surface area contributed by atoms with Crippen LogP contribution in [0.2, 0.25) is 0 Å². The van der Waals surface area contributed by atoms with E-state index < -0.39 is 7.14 Å². The summed E-state index contributed by atoms with van der Waals surface area (Å²) >= 11 is 1.69. The summed E-state index contributed by atoms with van der Waals surface area (Å²) in [5, 5.41) is 2.64. The second kappa shape index (κ2) is 11.4. The van der Waals surface area contributed by atoms with E-state index in [1.54, 1.807) is 11.8 Å². The molecule has 0 aliphatic carbocycles. The Labute approximate surface area is 266 Å². The van der Waals surface area contributed by atoms with E-state index in [-0.39, 0.29) is 0 Å². The maximum atomic E-state index is 15.2. The Morgan fingerprint density at radius 3 is 1.44 bits per heavy atom. The standard InChI is InChI=1S/C39H26N3OPS/c43-44(32-16-8-3-9-17-32)33-18-10-11-19-35(33)45-36-25-24-31(26-34(36)44)27-20-22-30(23-21-27)39-41-37(28-12-4-1-5-13-28)40-38(42-39)29-14-6-2-7-15-29/h1-26H. The molecule has 1 atom stereocenters. The van der Waals surface area contributed by atoms with Crippen LogP contribution in [0.3, 0.4) is 0 Å². The normalized spacial score (nSPS) is 15.2. The average molecular weight is 616 g/mol. The van der Waals surface area contributed by atoms with Crippen molar-refractivity contribution in [1.29, 1.82) is 0 Å². The molecule has 0 saturated heterocycles. The van der Waals surface area contributed by atoms with E-state index in [9.17, 15) is 0 Å². The molecule has 1 aliphatic rings. The molecule has 0 fully saturated rings. The Morgan fingerprint density at radius 2 is 0.844 bits per heavy atom. The number of hydrogen-bond donors (Lipinski definition) is 0. The number of benzene rings is 6. The molecule has 4 nitrogen and oxygen atoms in total. The quantitative estimate of drug-likeness (QED) is 0.182. The van der Waals surface area contributed by atoms with Crippen LogP contribution in [0.25, 0.3) is 45.3 Å². The van der Waals surface area contributed by atoms with Crippen LogP contribution < -0.4 is 15.9 Å². The van der Waals surface area contributed by atoms with Crippen LogP contribution in [0.5, 0.6) is 0 Å². The molecule has 0 spiro atoms. The highest BCUT2D eigenvalue weighted by atomic mass is 32.2. The lowest BCUT2D eigenvalue weighted by Gasteiger charge is -2.29. The van der Waals surface area contributed by atoms with Gasteiger partial charge in [-0.15, -0.1) is 0 Å². The minimum absolute atomic E-state index is 0.612. The van der Waals surface area contributed by atoms with E-state index in [1.807, 2.05) is 109 Å². The fourth-order valence-electron chi connectivity index (χ4n) is 5.75. The van der Waals surface area contributed by atoms with Crippen molar-refractivity contribution in [1.82, 2.24) is 15.0 Å². The van der Waals surface area contributed by atoms with Crippen molar-refractivity contribution in [3.63, 3.8) is 0 Å². The van der Waals surface area contributed by atoms with Gasteiger partial charge in [0.1, 0.15) is 0 Å². The predicted octanol–water partition coefficient (Wildman–Crippen LogP) is 8.64. The first-order valence-corrected chi connectivity index (χ1v) is 17.2. The molecular formula is C39H26N3OPS. The van der Waals surface area contributed by atoms with Crippen LogP contribution in [0.15, 0.2) is 168 Å². The van der Waals surface area contributed by atoms with Gasteiger partial charge in [0.2, 0.25) is 0 Å². The third-order valence-electron chi connectivity index (χ3n) is 8.02. The van der Waals surface area contributed by atoms with Crippen LogP contribution in [0.1, 0.15) is 0 Å². The molecular weight excluding hydrogens is 589 g/mol. The zero-order valence-electron chi connectivity index (χ0n) is 24.1. The maximum Gasteiger partial charge on any atom is 0.173 e. The van der Waals surface area contributed by atoms with E-state index in [1.165, 1.54) is 0 Å². The first-order chi connectivity index (χ1) is 22.2. The Morgan fingerprint density at radius 1 is 0.400 bits per heavy atom. The summed E-state index contributed by atoms with van der Waals surface area (Å²) in [6.45, 7) is 0. The molecule has 1 aromatic heterocycles. The fraction of sp³-hybridized carbons (Fsp3) is 0. The summed E-state index contributed by atoms with van der Waals surface area (Å²) < 4.78 is 15.2. The third kappa shape index (κ3) is 5.01. The van der Waals surface area contributed by atoms with Gasteiger partial charge in [0.25, 0.3) is 0 Å². The molecule has 0 N–H and O–H groups in total. The smallest absolute Gasteiger partial charge is 0.173 e. The lowest BCUT2D eigenvalue weighted by molar-refractivity contribution is 0.591. The summed E-state index contributed by atoms with van der Waals surface area (Å²) in [5.41, 5.74) is 4.82. The van der Waals surface area contributed by atoms with Gasteiger partial charge in [-0.2, -0.15) is 0 Å². The molecule has 6 heteroatoms. The summed E-state index contributed by atoms with van der Waals surface area (Å²) in [5.74, 6) is 1.88. The maximum absolute atomic E-state index is 15.2. The topological polar surface area (TPSA) is 55.7 Å². The summed E-state index contributed by atoms with van der Waals surface area (Å²) in [6.07, 6.45) is 0. The van der Waals surface area contributed by atoms with Gasteiger partial charge in [-0.1, -0.05) is 145 Å². The van der Waals surface area contributed by atoms with Gasteiger partial charge in [-0.25, -0.2) is 15.0 Å². The molecule has 214 valence electrons. The van der Waals surface area contributed by atoms with Gasteiger partial charge < -0.3 is 4.57 Å². The van der Waals surface area contributed by atoms with Gasteiger partial charge in [0.15, 0.2) is 24.6 Å². The molecule has 45 heavy (non-hydrogen) atoms. The van der Waals surface area contributed by atoms with Crippen LogP contribution in [-0.2, 0) is 4.57 Å². The monoisotopic (exact) mass is 615 g/mol. The molecule has 8 rings (SSSR count). The van der Waals surface area contributed by atoms with Crippen LogP contribution in [0, 0.1) is 0 Å². The van der Waals surface area contributed by atoms with Gasteiger partial charge in [-0.3, -0.25) is 0 Å². The van der Waals surface area contributed by atoms with Gasteiger partial charge in [-0.05, 0) is 35.4 Å². The largest absolute Gasteiger partial charge is 0.309 e. The third-order valence-corrected chi connectivity index (χ3v) is 12.6. The Bertz CT molecular complexity index is 2150. The molecule has 6 aromatic carbocycles. The van der Waals surface area contributed by atoms with Crippen LogP contribution in [-0.4, -0.2) is 15.0 Å². The van der Waals surface area contributed by atoms with Crippen molar-refractivity contribution in [2.24, 2.45) is 0 Å². The summed E-state index contributed by atoms with van der Waals surface area (Å²) in [7, 11) is -3.07. The van der Waals surface area contributed by atoms with Crippen molar-refractivity contribution < 1.29 is 4.57 Å². The molecule has 7 aromatic rings. The van der Waals surface area contributed by atoms with Crippen LogP contribution >= 0.6 is 18.9 Å². The molecule has 0 saturated carbocycles. The van der Waals surface area contributed by atoms with Crippen molar-refractivity contribution >= 4 is 34.8 Å². The highest BCUT2D eigenvalue weighted by molar-refractivity contribution is 8.02. The van der Waals surface area contributed by atoms with E-state index >= 15 is 4.57 Å². The second-order valence-electron chi connectivity index (χ2n) is 10.8. The van der Waals surface area contributed by atoms with Gasteiger partial charge in [0.05, 0.1) is 0 Å². The minimum Gasteiger partial charge on any atom is -0.309 e. The first kappa shape index (κ1) is 27.5. The minimum atomic E-state index is -3.07. The SMILES string of the molecule is O=P1(c2ccccc2)c2ccccc2Sc2ccc(-c3ccc(-c4nc(-c5ccccc5)nc(-c5ccccc5)n4)cc3)cc21. The van der Waals surface area contributed by atoms with Crippen molar-refractivity contribution in [3.8, 4) is 45.3 Å². The number of nitrogens with zero attached hydrogens (tertiary/aromatic N) is 3. The molecule has 0 bridgehead atoms. The number of rotatable bonds is 5. The Kier molecular flexibility index (Phi) is 6.98. The first-order valence-electron chi connectivity index (χ1n) is 14.7. The molecule has 0 amide bonds. The lowest BCUT2D eigenvalue weighted by atomic mass is 10.0. The summed E-state index contributed by atoms with van der Waals surface area (Å²) in [4.78, 5) is 16.6. The van der Waals surface area contributed by atoms with E-state index in [2.05, 4.69) is 48.5 Å². The van der Waals surface area contributed by atoms with Crippen molar-refractivity contribution in [2.45, 2.75) is 9.79 Å². The Hall–Kier alpha value is -5.09. The molecule has 2 heterocycles. The van der Waals surface area contributed by atoms with E-state index in [0.717, 1.165) is 53.5 Å². The molecule has 1 aliphatic heterocycles. The second-order valence-corrected chi connectivity index (χ2v) is 14.6.